The molecule has 0 saturated heterocycles. The fourth-order valence-electron chi connectivity index (χ4n) is 1.32. The zero-order chi connectivity index (χ0) is 10.7. The lowest BCUT2D eigenvalue weighted by Gasteiger charge is -2.16. The third-order valence-corrected chi connectivity index (χ3v) is 4.09. The van der Waals surface area contributed by atoms with E-state index < -0.39 is 0 Å². The van der Waals surface area contributed by atoms with Gasteiger partial charge >= 0.3 is 0 Å². The molecule has 0 spiro atoms. The summed E-state index contributed by atoms with van der Waals surface area (Å²) in [5, 5.41) is 1.91. The highest BCUT2D eigenvalue weighted by atomic mass is 79.9. The van der Waals surface area contributed by atoms with E-state index in [1.165, 1.54) is 11.3 Å². The third-order valence-electron chi connectivity index (χ3n) is 2.24. The van der Waals surface area contributed by atoms with Gasteiger partial charge in [0.15, 0.2) is 5.78 Å². The molecule has 0 amide bonds. The van der Waals surface area contributed by atoms with E-state index in [0.717, 1.165) is 9.35 Å². The maximum absolute atomic E-state index is 12.0. The van der Waals surface area contributed by atoms with Crippen molar-refractivity contribution in [2.45, 2.75) is 13.8 Å². The number of carbonyl (C=O) groups is 1. The Labute approximate surface area is 96.6 Å². The monoisotopic (exact) mass is 275 g/mol. The van der Waals surface area contributed by atoms with Crippen molar-refractivity contribution in [3.8, 4) is 0 Å². The fourth-order valence-corrected chi connectivity index (χ4v) is 2.89. The Morgan fingerprint density at radius 1 is 1.64 bits per heavy atom. The van der Waals surface area contributed by atoms with E-state index in [4.69, 9.17) is 5.73 Å². The number of ketones is 1. The largest absolute Gasteiger partial charge is 0.330 e. The van der Waals surface area contributed by atoms with Crippen LogP contribution in [-0.2, 0) is 0 Å². The van der Waals surface area contributed by atoms with Gasteiger partial charge in [0, 0.05) is 16.9 Å². The number of halogens is 1. The minimum Gasteiger partial charge on any atom is -0.330 e. The molecule has 0 bridgehead atoms. The van der Waals surface area contributed by atoms with Crippen LogP contribution in [-0.4, -0.2) is 12.3 Å². The molecule has 2 N–H and O–H groups in total. The number of thiophene rings is 1. The fraction of sp³-hybridized carbons (Fsp3) is 0.500. The van der Waals surface area contributed by atoms with Gasteiger partial charge in [0.1, 0.15) is 0 Å². The van der Waals surface area contributed by atoms with Gasteiger partial charge in [0.25, 0.3) is 0 Å². The first-order valence-electron chi connectivity index (χ1n) is 4.55. The zero-order valence-corrected chi connectivity index (χ0v) is 10.7. The molecule has 0 aromatic carbocycles. The second-order valence-corrected chi connectivity index (χ2v) is 5.32. The van der Waals surface area contributed by atoms with Crippen LogP contribution >= 0.6 is 27.3 Å². The summed E-state index contributed by atoms with van der Waals surface area (Å²) in [6.45, 7) is 4.47. The molecule has 1 aromatic rings. The maximum atomic E-state index is 12.0. The van der Waals surface area contributed by atoms with Crippen LogP contribution in [0.15, 0.2) is 15.9 Å². The second-order valence-electron chi connectivity index (χ2n) is 3.55. The molecule has 0 aliphatic heterocycles. The Morgan fingerprint density at radius 3 is 2.64 bits per heavy atom. The summed E-state index contributed by atoms with van der Waals surface area (Å²) in [6, 6.07) is 1.89. The van der Waals surface area contributed by atoms with Crippen molar-refractivity contribution in [2.75, 3.05) is 6.54 Å². The lowest BCUT2D eigenvalue weighted by atomic mass is 9.91. The first-order chi connectivity index (χ1) is 6.57. The molecular formula is C10H14BrNOS. The Bertz CT molecular complexity index is 322. The van der Waals surface area contributed by atoms with Gasteiger partial charge in [-0.2, -0.15) is 0 Å². The SMILES string of the molecule is CC(C)C(CN)C(=O)c1sccc1Br. The van der Waals surface area contributed by atoms with Crippen molar-refractivity contribution in [1.29, 1.82) is 0 Å². The van der Waals surface area contributed by atoms with Gasteiger partial charge in [-0.25, -0.2) is 0 Å². The number of nitrogens with two attached hydrogens (primary N) is 1. The van der Waals surface area contributed by atoms with Gasteiger partial charge in [-0.05, 0) is 33.3 Å². The van der Waals surface area contributed by atoms with Gasteiger partial charge in [0.2, 0.25) is 0 Å². The summed E-state index contributed by atoms with van der Waals surface area (Å²) in [4.78, 5) is 12.8. The van der Waals surface area contributed by atoms with Gasteiger partial charge in [-0.1, -0.05) is 13.8 Å². The Balaban J connectivity index is 2.89. The van der Waals surface area contributed by atoms with Crippen LogP contribution in [0.1, 0.15) is 23.5 Å². The topological polar surface area (TPSA) is 43.1 Å². The number of carbonyl (C=O) groups excluding carboxylic acids is 1. The summed E-state index contributed by atoms with van der Waals surface area (Å²) in [5.41, 5.74) is 5.60. The van der Waals surface area contributed by atoms with Gasteiger partial charge in [-0.15, -0.1) is 11.3 Å². The van der Waals surface area contributed by atoms with Crippen LogP contribution in [0.5, 0.6) is 0 Å². The lowest BCUT2D eigenvalue weighted by Crippen LogP contribution is -2.28. The van der Waals surface area contributed by atoms with Crippen molar-refractivity contribution >= 4 is 33.0 Å². The normalized spacial score (nSPS) is 13.2. The first-order valence-corrected chi connectivity index (χ1v) is 6.22. The highest BCUT2D eigenvalue weighted by Crippen LogP contribution is 2.27. The molecule has 0 radical (unpaired) electrons. The summed E-state index contributed by atoms with van der Waals surface area (Å²) in [6.07, 6.45) is 0. The van der Waals surface area contributed by atoms with Crippen molar-refractivity contribution in [2.24, 2.45) is 17.6 Å². The first kappa shape index (κ1) is 11.9. The molecule has 0 saturated carbocycles. The Hall–Kier alpha value is -0.190. The standard InChI is InChI=1S/C10H14BrNOS/c1-6(2)7(5-12)9(13)10-8(11)3-4-14-10/h3-4,6-7H,5,12H2,1-2H3. The molecule has 0 fully saturated rings. The van der Waals surface area contributed by atoms with Gasteiger partial charge in [-0.3, -0.25) is 4.79 Å². The molecule has 4 heteroatoms. The molecule has 1 rings (SSSR count). The molecule has 0 aliphatic carbocycles. The number of hydrogen-bond acceptors (Lipinski definition) is 3. The Kier molecular flexibility index (Phi) is 4.29. The molecule has 2 nitrogen and oxygen atoms in total. The molecule has 1 heterocycles. The average Bonchev–Trinajstić information content (AvgIpc) is 2.51. The van der Waals surface area contributed by atoms with Crippen molar-refractivity contribution < 1.29 is 4.79 Å². The van der Waals surface area contributed by atoms with Crippen molar-refractivity contribution in [1.82, 2.24) is 0 Å². The van der Waals surface area contributed by atoms with Crippen LogP contribution < -0.4 is 5.73 Å². The van der Waals surface area contributed by atoms with Crippen molar-refractivity contribution in [3.05, 3.63) is 20.8 Å². The van der Waals surface area contributed by atoms with Crippen molar-refractivity contribution in [3.63, 3.8) is 0 Å². The van der Waals surface area contributed by atoms with E-state index in [-0.39, 0.29) is 11.7 Å². The second kappa shape index (κ2) is 5.05. The predicted octanol–water partition coefficient (Wildman–Crippen LogP) is 2.92. The van der Waals surface area contributed by atoms with Crippen LogP contribution in [0, 0.1) is 11.8 Å². The molecule has 1 unspecified atom stereocenters. The van der Waals surface area contributed by atoms with E-state index in [0.29, 0.717) is 12.5 Å². The van der Waals surface area contributed by atoms with Crippen LogP contribution in [0.25, 0.3) is 0 Å². The number of rotatable bonds is 4. The molecule has 14 heavy (non-hydrogen) atoms. The quantitative estimate of drug-likeness (QED) is 0.859. The summed E-state index contributed by atoms with van der Waals surface area (Å²) >= 11 is 4.83. The highest BCUT2D eigenvalue weighted by Gasteiger charge is 2.24. The highest BCUT2D eigenvalue weighted by molar-refractivity contribution is 9.10. The van der Waals surface area contributed by atoms with E-state index >= 15 is 0 Å². The molecule has 0 aliphatic rings. The molecule has 1 aromatic heterocycles. The van der Waals surface area contributed by atoms with E-state index in [1.807, 2.05) is 25.3 Å². The predicted molar refractivity (Wildman–Crippen MR) is 63.7 cm³/mol. The van der Waals surface area contributed by atoms with Crippen LogP contribution in [0.3, 0.4) is 0 Å². The smallest absolute Gasteiger partial charge is 0.178 e. The van der Waals surface area contributed by atoms with Crippen LogP contribution in [0.2, 0.25) is 0 Å². The summed E-state index contributed by atoms with van der Waals surface area (Å²) in [7, 11) is 0. The van der Waals surface area contributed by atoms with Gasteiger partial charge < -0.3 is 5.73 Å². The molecular weight excluding hydrogens is 262 g/mol. The minimum atomic E-state index is -0.0649. The molecule has 1 atom stereocenters. The summed E-state index contributed by atoms with van der Waals surface area (Å²) in [5.74, 6) is 0.385. The number of Topliss-reactive ketones (excluding diaryl/α,β-unsaturated/α-hetero) is 1. The minimum absolute atomic E-state index is 0.0649. The third kappa shape index (κ3) is 2.43. The zero-order valence-electron chi connectivity index (χ0n) is 8.29. The number of hydrogen-bond donors (Lipinski definition) is 1. The maximum Gasteiger partial charge on any atom is 0.178 e. The van der Waals surface area contributed by atoms with E-state index in [9.17, 15) is 4.79 Å². The van der Waals surface area contributed by atoms with E-state index in [2.05, 4.69) is 15.9 Å². The lowest BCUT2D eigenvalue weighted by molar-refractivity contribution is 0.0895. The molecule has 78 valence electrons. The van der Waals surface area contributed by atoms with Crippen LogP contribution in [0.4, 0.5) is 0 Å². The average molecular weight is 276 g/mol. The van der Waals surface area contributed by atoms with E-state index in [1.54, 1.807) is 0 Å². The summed E-state index contributed by atoms with van der Waals surface area (Å²) < 4.78 is 0.881. The Morgan fingerprint density at radius 2 is 2.29 bits per heavy atom. The van der Waals surface area contributed by atoms with Gasteiger partial charge in [0.05, 0.1) is 4.88 Å².